The second-order valence-corrected chi connectivity index (χ2v) is 6.70. The maximum atomic E-state index is 6.04. The Hall–Kier alpha value is -1.05. The Labute approximate surface area is 146 Å². The lowest BCUT2D eigenvalue weighted by molar-refractivity contribution is 1.25. The molecule has 0 radical (unpaired) electrons. The van der Waals surface area contributed by atoms with Gasteiger partial charge in [-0.05, 0) is 45.9 Å². The zero-order chi connectivity index (χ0) is 15.1. The van der Waals surface area contributed by atoms with Crippen LogP contribution in [0.25, 0.3) is 0 Å². The van der Waals surface area contributed by atoms with Gasteiger partial charge >= 0.3 is 0 Å². The molecule has 2 aromatic rings. The number of rotatable bonds is 4. The average molecular weight is 430 g/mol. The van der Waals surface area contributed by atoms with E-state index >= 15 is 0 Å². The zero-order valence-corrected chi connectivity index (χ0v) is 14.8. The molecule has 0 aromatic heterocycles. The van der Waals surface area contributed by atoms with Crippen molar-refractivity contribution in [3.63, 3.8) is 0 Å². The van der Waals surface area contributed by atoms with Crippen LogP contribution in [-0.4, -0.2) is 11.4 Å². The van der Waals surface area contributed by atoms with Gasteiger partial charge in [-0.2, -0.15) is 5.10 Å². The van der Waals surface area contributed by atoms with Crippen molar-refractivity contribution in [2.24, 2.45) is 15.9 Å². The van der Waals surface area contributed by atoms with E-state index in [0.717, 1.165) is 14.9 Å². The highest BCUT2D eigenvalue weighted by Gasteiger charge is 1.97. The van der Waals surface area contributed by atoms with Gasteiger partial charge in [0.25, 0.3) is 0 Å². The molecule has 108 valence electrons. The summed E-state index contributed by atoms with van der Waals surface area (Å²) in [5, 5.41) is 9.09. The summed E-state index contributed by atoms with van der Waals surface area (Å²) in [6.45, 7) is 0. The summed E-state index contributed by atoms with van der Waals surface area (Å²) in [6, 6.07) is 15.8. The topological polar surface area (TPSA) is 50.7 Å². The first-order chi connectivity index (χ1) is 10.1. The molecule has 21 heavy (non-hydrogen) atoms. The molecule has 0 aliphatic rings. The number of halogens is 2. The molecule has 0 saturated carbocycles. The monoisotopic (exact) mass is 429 g/mol. The fourth-order valence-electron chi connectivity index (χ4n) is 1.51. The summed E-state index contributed by atoms with van der Waals surface area (Å²) in [4.78, 5) is 0. The van der Waals surface area contributed by atoms with E-state index in [-0.39, 0.29) is 0 Å². The number of thioether (sulfide) groups is 1. The Bertz CT molecular complexity index is 659. The molecule has 0 amide bonds. The second kappa shape index (κ2) is 8.41. The first kappa shape index (κ1) is 16.3. The van der Waals surface area contributed by atoms with Crippen LogP contribution in [0, 0.1) is 3.57 Å². The van der Waals surface area contributed by atoms with Crippen molar-refractivity contribution in [2.45, 2.75) is 5.75 Å². The Balaban J connectivity index is 1.90. The number of hydrogen-bond donors (Lipinski definition) is 1. The largest absolute Gasteiger partial charge is 0.377 e. The van der Waals surface area contributed by atoms with Crippen LogP contribution in [0.1, 0.15) is 11.1 Å². The predicted octanol–water partition coefficient (Wildman–Crippen LogP) is 4.53. The maximum absolute atomic E-state index is 6.04. The van der Waals surface area contributed by atoms with Gasteiger partial charge in [0.05, 0.1) is 11.2 Å². The van der Waals surface area contributed by atoms with Gasteiger partial charge in [-0.15, -0.1) is 5.10 Å². The lowest BCUT2D eigenvalue weighted by Gasteiger charge is -1.99. The third-order valence-corrected chi connectivity index (χ3v) is 4.96. The van der Waals surface area contributed by atoms with Crippen LogP contribution in [0.3, 0.4) is 0 Å². The van der Waals surface area contributed by atoms with Crippen LogP contribution in [0.2, 0.25) is 5.02 Å². The summed E-state index contributed by atoms with van der Waals surface area (Å²) in [5.74, 6) is 0.779. The number of hydrogen-bond acceptors (Lipinski definition) is 3. The minimum absolute atomic E-state index is 0.437. The van der Waals surface area contributed by atoms with Gasteiger partial charge in [0.2, 0.25) is 0 Å². The molecule has 0 bridgehead atoms. The van der Waals surface area contributed by atoms with Crippen molar-refractivity contribution < 1.29 is 0 Å². The maximum Gasteiger partial charge on any atom is 0.180 e. The van der Waals surface area contributed by atoms with E-state index < -0.39 is 0 Å². The molecule has 0 heterocycles. The second-order valence-electron chi connectivity index (χ2n) is 4.13. The van der Waals surface area contributed by atoms with Gasteiger partial charge in [-0.25, -0.2) is 0 Å². The lowest BCUT2D eigenvalue weighted by Crippen LogP contribution is -2.05. The van der Waals surface area contributed by atoms with Crippen LogP contribution < -0.4 is 5.73 Å². The molecule has 0 aliphatic heterocycles. The fourth-order valence-corrected chi connectivity index (χ4v) is 2.64. The molecule has 2 aromatic carbocycles. The van der Waals surface area contributed by atoms with Gasteiger partial charge in [0, 0.05) is 9.32 Å². The number of amidine groups is 1. The summed E-state index contributed by atoms with van der Waals surface area (Å²) in [5.41, 5.74) is 7.91. The average Bonchev–Trinajstić information content (AvgIpc) is 2.50. The number of nitrogens with zero attached hydrogens (tertiary/aromatic N) is 2. The normalized spacial score (nSPS) is 12.0. The fraction of sp³-hybridized carbons (Fsp3) is 0.0667. The molecule has 0 fully saturated rings. The summed E-state index contributed by atoms with van der Waals surface area (Å²) >= 11 is 9.67. The molecule has 0 aliphatic carbocycles. The highest BCUT2D eigenvalue weighted by Crippen LogP contribution is 2.18. The minimum Gasteiger partial charge on any atom is -0.377 e. The van der Waals surface area contributed by atoms with E-state index in [4.69, 9.17) is 17.3 Å². The van der Waals surface area contributed by atoms with Crippen molar-refractivity contribution in [2.75, 3.05) is 0 Å². The molecular formula is C15H13ClIN3S. The van der Waals surface area contributed by atoms with E-state index in [1.165, 1.54) is 17.3 Å². The first-order valence-corrected chi connectivity index (χ1v) is 8.57. The van der Waals surface area contributed by atoms with Gasteiger partial charge in [0.15, 0.2) is 5.17 Å². The summed E-state index contributed by atoms with van der Waals surface area (Å²) < 4.78 is 1.01. The van der Waals surface area contributed by atoms with Crippen LogP contribution in [-0.2, 0) is 5.75 Å². The Morgan fingerprint density at radius 3 is 2.71 bits per heavy atom. The van der Waals surface area contributed by atoms with E-state index in [1.807, 2.05) is 36.4 Å². The van der Waals surface area contributed by atoms with E-state index in [2.05, 4.69) is 44.9 Å². The molecule has 0 atom stereocenters. The van der Waals surface area contributed by atoms with E-state index in [0.29, 0.717) is 10.2 Å². The van der Waals surface area contributed by atoms with Crippen LogP contribution >= 0.6 is 46.0 Å². The van der Waals surface area contributed by atoms with Crippen molar-refractivity contribution in [1.82, 2.24) is 0 Å². The molecule has 0 unspecified atom stereocenters. The standard InChI is InChI=1S/C15H13ClIN3S/c16-13-8-12(6-7-14(13)17)9-19-20-15(18)21-10-11-4-2-1-3-5-11/h1-9H,10H2,(H2,18,20). The van der Waals surface area contributed by atoms with Gasteiger partial charge < -0.3 is 5.73 Å². The van der Waals surface area contributed by atoms with Gasteiger partial charge in [-0.1, -0.05) is 59.8 Å². The van der Waals surface area contributed by atoms with Gasteiger partial charge in [-0.3, -0.25) is 0 Å². The number of nitrogens with two attached hydrogens (primary N) is 1. The summed E-state index contributed by atoms with van der Waals surface area (Å²) in [7, 11) is 0. The molecule has 6 heteroatoms. The van der Waals surface area contributed by atoms with Crippen LogP contribution in [0.5, 0.6) is 0 Å². The van der Waals surface area contributed by atoms with Crippen LogP contribution in [0.15, 0.2) is 58.7 Å². The Morgan fingerprint density at radius 1 is 1.24 bits per heavy atom. The third kappa shape index (κ3) is 5.68. The zero-order valence-electron chi connectivity index (χ0n) is 11.0. The molecule has 0 spiro atoms. The molecule has 0 saturated heterocycles. The highest BCUT2D eigenvalue weighted by atomic mass is 127. The van der Waals surface area contributed by atoms with E-state index in [9.17, 15) is 0 Å². The van der Waals surface area contributed by atoms with Crippen LogP contribution in [0.4, 0.5) is 0 Å². The van der Waals surface area contributed by atoms with Crippen molar-refractivity contribution in [3.8, 4) is 0 Å². The molecule has 2 rings (SSSR count). The molecule has 3 nitrogen and oxygen atoms in total. The van der Waals surface area contributed by atoms with Crippen molar-refractivity contribution >= 4 is 57.3 Å². The third-order valence-electron chi connectivity index (χ3n) is 2.54. The predicted molar refractivity (Wildman–Crippen MR) is 101 cm³/mol. The van der Waals surface area contributed by atoms with Crippen molar-refractivity contribution in [3.05, 3.63) is 68.3 Å². The lowest BCUT2D eigenvalue weighted by atomic mass is 10.2. The first-order valence-electron chi connectivity index (χ1n) is 6.13. The smallest absolute Gasteiger partial charge is 0.180 e. The SMILES string of the molecule is NC(=NN=Cc1ccc(I)c(Cl)c1)SCc1ccccc1. The minimum atomic E-state index is 0.437. The van der Waals surface area contributed by atoms with E-state index in [1.54, 1.807) is 6.21 Å². The van der Waals surface area contributed by atoms with Crippen molar-refractivity contribution in [1.29, 1.82) is 0 Å². The number of benzene rings is 2. The Morgan fingerprint density at radius 2 is 2.00 bits per heavy atom. The summed E-state index contributed by atoms with van der Waals surface area (Å²) in [6.07, 6.45) is 1.64. The highest BCUT2D eigenvalue weighted by molar-refractivity contribution is 14.1. The molecule has 2 N–H and O–H groups in total. The van der Waals surface area contributed by atoms with Gasteiger partial charge in [0.1, 0.15) is 0 Å². The Kier molecular flexibility index (Phi) is 6.53. The quantitative estimate of drug-likeness (QED) is 0.336. The molecular weight excluding hydrogens is 417 g/mol.